The highest BCUT2D eigenvalue weighted by molar-refractivity contribution is 7.10. The van der Waals surface area contributed by atoms with E-state index in [4.69, 9.17) is 4.74 Å². The number of carbonyl (C=O) groups is 2. The number of amides is 2. The molecule has 1 saturated heterocycles. The third-order valence-electron chi connectivity index (χ3n) is 5.81. The summed E-state index contributed by atoms with van der Waals surface area (Å²) < 4.78 is 19.2. The molecule has 7 nitrogen and oxygen atoms in total. The Balaban J connectivity index is 1.40. The normalized spacial score (nSPS) is 13.9. The second-order valence-corrected chi connectivity index (χ2v) is 9.10. The summed E-state index contributed by atoms with van der Waals surface area (Å²) in [5, 5.41) is 14.9. The Morgan fingerprint density at radius 2 is 1.97 bits per heavy atom. The zero-order valence-corrected chi connectivity index (χ0v) is 19.9. The SMILES string of the molecule is C=CCCOC(=O)N1CCC(c2nc(C(=O)Nc3ccc(F)cc3-c3ccc(O)cc3)cs2)CC1. The highest BCUT2D eigenvalue weighted by Gasteiger charge is 2.27. The third-order valence-corrected chi connectivity index (χ3v) is 6.82. The van der Waals surface area contributed by atoms with Crippen molar-refractivity contribution < 1.29 is 23.8 Å². The van der Waals surface area contributed by atoms with Gasteiger partial charge in [-0.2, -0.15) is 0 Å². The van der Waals surface area contributed by atoms with E-state index >= 15 is 0 Å². The molecular weight excluding hydrogens is 469 g/mol. The molecule has 0 saturated carbocycles. The molecule has 2 aromatic carbocycles. The van der Waals surface area contributed by atoms with E-state index in [0.29, 0.717) is 42.9 Å². The lowest BCUT2D eigenvalue weighted by molar-refractivity contribution is 0.0941. The second kappa shape index (κ2) is 11.1. The van der Waals surface area contributed by atoms with Crippen LogP contribution in [0, 0.1) is 5.82 Å². The quantitative estimate of drug-likeness (QED) is 0.319. The van der Waals surface area contributed by atoms with Crippen molar-refractivity contribution in [3.63, 3.8) is 0 Å². The number of thiazole rings is 1. The number of phenols is 1. The molecule has 0 aliphatic carbocycles. The molecule has 2 N–H and O–H groups in total. The Kier molecular flexibility index (Phi) is 7.77. The Morgan fingerprint density at radius 1 is 1.23 bits per heavy atom. The molecule has 0 unspecified atom stereocenters. The van der Waals surface area contributed by atoms with Gasteiger partial charge in [-0.05, 0) is 55.2 Å². The molecule has 9 heteroatoms. The van der Waals surface area contributed by atoms with Crippen LogP contribution in [0.15, 0.2) is 60.5 Å². The van der Waals surface area contributed by atoms with Gasteiger partial charge in [-0.3, -0.25) is 4.79 Å². The minimum Gasteiger partial charge on any atom is -0.508 e. The van der Waals surface area contributed by atoms with E-state index in [2.05, 4.69) is 16.9 Å². The van der Waals surface area contributed by atoms with Crippen LogP contribution in [0.5, 0.6) is 5.75 Å². The van der Waals surface area contributed by atoms with E-state index in [1.54, 1.807) is 28.5 Å². The minimum absolute atomic E-state index is 0.0983. The fourth-order valence-electron chi connectivity index (χ4n) is 3.90. The van der Waals surface area contributed by atoms with E-state index in [0.717, 1.165) is 17.8 Å². The first kappa shape index (κ1) is 24.4. The maximum Gasteiger partial charge on any atom is 0.409 e. The van der Waals surface area contributed by atoms with Gasteiger partial charge < -0.3 is 20.1 Å². The molecule has 1 aliphatic rings. The summed E-state index contributed by atoms with van der Waals surface area (Å²) in [6.45, 7) is 5.09. The number of hydrogen-bond donors (Lipinski definition) is 2. The predicted octanol–water partition coefficient (Wildman–Crippen LogP) is 5.80. The molecule has 4 rings (SSSR count). The number of rotatable bonds is 7. The van der Waals surface area contributed by atoms with Gasteiger partial charge in [0.1, 0.15) is 17.3 Å². The standard InChI is InChI=1S/C26H26FN3O4S/c1-2-3-14-34-26(33)30-12-10-18(11-13-30)25-29-23(16-35-25)24(32)28-22-9-6-19(27)15-21(22)17-4-7-20(31)8-5-17/h2,4-9,15-16,18,31H,1,3,10-14H2,(H,28,32). The Bertz CT molecular complexity index is 1200. The van der Waals surface area contributed by atoms with Gasteiger partial charge in [-0.25, -0.2) is 14.2 Å². The van der Waals surface area contributed by atoms with Crippen molar-refractivity contribution in [2.45, 2.75) is 25.2 Å². The van der Waals surface area contributed by atoms with Gasteiger partial charge in [0.2, 0.25) is 0 Å². The van der Waals surface area contributed by atoms with Crippen LogP contribution in [0.25, 0.3) is 11.1 Å². The second-order valence-electron chi connectivity index (χ2n) is 8.21. The van der Waals surface area contributed by atoms with Crippen LogP contribution in [0.4, 0.5) is 14.9 Å². The number of nitrogens with zero attached hydrogens (tertiary/aromatic N) is 2. The lowest BCUT2D eigenvalue weighted by Gasteiger charge is -2.30. The monoisotopic (exact) mass is 495 g/mol. The van der Waals surface area contributed by atoms with Crippen LogP contribution in [0.2, 0.25) is 0 Å². The molecule has 1 fully saturated rings. The number of halogens is 1. The van der Waals surface area contributed by atoms with Gasteiger partial charge in [0.25, 0.3) is 5.91 Å². The third kappa shape index (κ3) is 6.05. The number of carbonyl (C=O) groups excluding carboxylic acids is 2. The number of anilines is 1. The predicted molar refractivity (Wildman–Crippen MR) is 133 cm³/mol. The number of aromatic nitrogens is 1. The van der Waals surface area contributed by atoms with Crippen LogP contribution >= 0.6 is 11.3 Å². The fourth-order valence-corrected chi connectivity index (χ4v) is 4.87. The maximum absolute atomic E-state index is 13.9. The summed E-state index contributed by atoms with van der Waals surface area (Å²) in [5.41, 5.74) is 1.89. The summed E-state index contributed by atoms with van der Waals surface area (Å²) in [4.78, 5) is 31.3. The van der Waals surface area contributed by atoms with E-state index in [9.17, 15) is 19.1 Å². The number of piperidine rings is 1. The number of ether oxygens (including phenoxy) is 1. The van der Waals surface area contributed by atoms with Gasteiger partial charge in [-0.15, -0.1) is 17.9 Å². The molecule has 35 heavy (non-hydrogen) atoms. The van der Waals surface area contributed by atoms with Crippen LogP contribution in [0.1, 0.15) is 40.7 Å². The van der Waals surface area contributed by atoms with E-state index in [-0.39, 0.29) is 29.4 Å². The van der Waals surface area contributed by atoms with Crippen molar-refractivity contribution in [1.29, 1.82) is 0 Å². The summed E-state index contributed by atoms with van der Waals surface area (Å²) >= 11 is 1.42. The molecule has 1 aromatic heterocycles. The highest BCUT2D eigenvalue weighted by atomic mass is 32.1. The highest BCUT2D eigenvalue weighted by Crippen LogP contribution is 2.32. The zero-order valence-electron chi connectivity index (χ0n) is 19.1. The summed E-state index contributed by atoms with van der Waals surface area (Å²) in [7, 11) is 0. The molecule has 0 bridgehead atoms. The first-order valence-electron chi connectivity index (χ1n) is 11.3. The van der Waals surface area contributed by atoms with E-state index < -0.39 is 5.82 Å². The number of benzene rings is 2. The molecule has 0 atom stereocenters. The van der Waals surface area contributed by atoms with E-state index in [1.165, 1.54) is 41.7 Å². The van der Waals surface area contributed by atoms with Gasteiger partial charge in [0, 0.05) is 35.6 Å². The fraction of sp³-hybridized carbons (Fsp3) is 0.269. The molecule has 182 valence electrons. The zero-order chi connectivity index (χ0) is 24.8. The van der Waals surface area contributed by atoms with Crippen molar-refractivity contribution in [3.05, 3.63) is 77.0 Å². The van der Waals surface area contributed by atoms with Crippen molar-refractivity contribution in [2.24, 2.45) is 0 Å². The smallest absolute Gasteiger partial charge is 0.409 e. The molecular formula is C26H26FN3O4S. The van der Waals surface area contributed by atoms with Crippen LogP contribution in [-0.2, 0) is 4.74 Å². The van der Waals surface area contributed by atoms with Crippen molar-refractivity contribution in [3.8, 4) is 16.9 Å². The Labute approximate surface area is 206 Å². The Hall–Kier alpha value is -3.72. The molecule has 1 aliphatic heterocycles. The van der Waals surface area contributed by atoms with Crippen LogP contribution in [0.3, 0.4) is 0 Å². The first-order chi connectivity index (χ1) is 16.9. The van der Waals surface area contributed by atoms with Gasteiger partial charge in [-0.1, -0.05) is 18.2 Å². The number of hydrogen-bond acceptors (Lipinski definition) is 6. The average Bonchev–Trinajstić information content (AvgIpc) is 3.36. The van der Waals surface area contributed by atoms with Gasteiger partial charge in [0.05, 0.1) is 11.6 Å². The molecule has 2 heterocycles. The Morgan fingerprint density at radius 3 is 2.69 bits per heavy atom. The van der Waals surface area contributed by atoms with Crippen molar-refractivity contribution in [1.82, 2.24) is 9.88 Å². The van der Waals surface area contributed by atoms with Gasteiger partial charge >= 0.3 is 6.09 Å². The molecule has 0 spiro atoms. The molecule has 2 amide bonds. The van der Waals surface area contributed by atoms with Crippen molar-refractivity contribution >= 4 is 29.0 Å². The lowest BCUT2D eigenvalue weighted by atomic mass is 9.98. The number of aromatic hydroxyl groups is 1. The number of nitrogens with one attached hydrogen (secondary N) is 1. The summed E-state index contributed by atoms with van der Waals surface area (Å²) in [5.74, 6) is -0.557. The number of likely N-dealkylation sites (tertiary alicyclic amines) is 1. The van der Waals surface area contributed by atoms with Crippen LogP contribution in [-0.4, -0.2) is 46.7 Å². The van der Waals surface area contributed by atoms with Crippen molar-refractivity contribution in [2.75, 3.05) is 25.0 Å². The molecule has 0 radical (unpaired) electrons. The average molecular weight is 496 g/mol. The lowest BCUT2D eigenvalue weighted by Crippen LogP contribution is -2.38. The van der Waals surface area contributed by atoms with E-state index in [1.807, 2.05) is 0 Å². The van der Waals surface area contributed by atoms with Gasteiger partial charge in [0.15, 0.2) is 0 Å². The molecule has 3 aromatic rings. The van der Waals surface area contributed by atoms with Crippen LogP contribution < -0.4 is 5.32 Å². The summed E-state index contributed by atoms with van der Waals surface area (Å²) in [6.07, 6.45) is 3.51. The maximum atomic E-state index is 13.9. The first-order valence-corrected chi connectivity index (χ1v) is 12.2. The topological polar surface area (TPSA) is 91.8 Å². The largest absolute Gasteiger partial charge is 0.508 e. The number of phenolic OH excluding ortho intramolecular Hbond substituents is 1. The summed E-state index contributed by atoms with van der Waals surface area (Å²) in [6, 6.07) is 10.4. The minimum atomic E-state index is -0.432.